The van der Waals surface area contributed by atoms with E-state index in [1.807, 2.05) is 50.4 Å². The van der Waals surface area contributed by atoms with Crippen LogP contribution in [0.4, 0.5) is 0 Å². The fourth-order valence-corrected chi connectivity index (χ4v) is 3.33. The molecule has 5 nitrogen and oxygen atoms in total. The first-order chi connectivity index (χ1) is 13.5. The predicted octanol–water partition coefficient (Wildman–Crippen LogP) is 3.42. The molecule has 1 N–H and O–H groups in total. The van der Waals surface area contributed by atoms with Crippen LogP contribution in [0.25, 0.3) is 0 Å². The molecule has 0 unspecified atom stereocenters. The lowest BCUT2D eigenvalue weighted by atomic mass is 10.1. The number of aromatic nitrogens is 2. The molecule has 1 atom stereocenters. The lowest BCUT2D eigenvalue weighted by molar-refractivity contribution is 0.0743. The van der Waals surface area contributed by atoms with Gasteiger partial charge in [-0.3, -0.25) is 9.58 Å². The molecule has 0 aliphatic heterocycles. The number of aryl methyl sites for hydroxylation is 1. The summed E-state index contributed by atoms with van der Waals surface area (Å²) in [6, 6.07) is 19.9. The maximum absolute atomic E-state index is 10.3. The predicted molar refractivity (Wildman–Crippen MR) is 112 cm³/mol. The summed E-state index contributed by atoms with van der Waals surface area (Å²) in [4.78, 5) is 2.11. The third kappa shape index (κ3) is 5.44. The second-order valence-electron chi connectivity index (χ2n) is 7.27. The van der Waals surface area contributed by atoms with Crippen molar-refractivity contribution in [3.63, 3.8) is 0 Å². The fraction of sp³-hybridized carbons (Fsp3) is 0.348. The highest BCUT2D eigenvalue weighted by atomic mass is 16.5. The first-order valence-corrected chi connectivity index (χ1v) is 9.64. The van der Waals surface area contributed by atoms with Gasteiger partial charge in [0.15, 0.2) is 0 Å². The second-order valence-corrected chi connectivity index (χ2v) is 7.27. The van der Waals surface area contributed by atoms with Crippen molar-refractivity contribution >= 4 is 0 Å². The highest BCUT2D eigenvalue weighted by Gasteiger charge is 2.16. The van der Waals surface area contributed by atoms with E-state index in [0.29, 0.717) is 6.54 Å². The van der Waals surface area contributed by atoms with Gasteiger partial charge in [-0.2, -0.15) is 5.10 Å². The van der Waals surface area contributed by atoms with Gasteiger partial charge in [0.1, 0.15) is 18.5 Å². The van der Waals surface area contributed by atoms with Gasteiger partial charge in [-0.25, -0.2) is 0 Å². The Hall–Kier alpha value is -2.63. The molecule has 0 aliphatic rings. The minimum absolute atomic E-state index is 0.277. The van der Waals surface area contributed by atoms with E-state index in [9.17, 15) is 5.11 Å². The number of aliphatic hydroxyl groups is 1. The van der Waals surface area contributed by atoms with Gasteiger partial charge in [0, 0.05) is 24.3 Å². The van der Waals surface area contributed by atoms with Crippen molar-refractivity contribution in [2.24, 2.45) is 0 Å². The molecule has 0 fully saturated rings. The molecule has 0 amide bonds. The summed E-state index contributed by atoms with van der Waals surface area (Å²) in [5, 5.41) is 15.0. The summed E-state index contributed by atoms with van der Waals surface area (Å²) in [5.41, 5.74) is 4.66. The highest BCUT2D eigenvalue weighted by molar-refractivity contribution is 5.26. The maximum Gasteiger partial charge on any atom is 0.119 e. The Morgan fingerprint density at radius 3 is 2.36 bits per heavy atom. The molecule has 28 heavy (non-hydrogen) atoms. The van der Waals surface area contributed by atoms with Gasteiger partial charge in [-0.15, -0.1) is 0 Å². The van der Waals surface area contributed by atoms with Crippen LogP contribution in [0.3, 0.4) is 0 Å². The fourth-order valence-electron chi connectivity index (χ4n) is 3.33. The molecule has 0 saturated heterocycles. The SMILES string of the molecule is Cc1nn(Cc2ccccc2)c(C)c1CN(C)C[C@@H](O)COc1ccccc1. The first-order valence-electron chi connectivity index (χ1n) is 9.64. The normalized spacial score (nSPS) is 12.3. The minimum atomic E-state index is -0.551. The van der Waals surface area contributed by atoms with Gasteiger partial charge >= 0.3 is 0 Å². The summed E-state index contributed by atoms with van der Waals surface area (Å²) in [7, 11) is 2.01. The third-order valence-corrected chi connectivity index (χ3v) is 4.84. The van der Waals surface area contributed by atoms with Crippen LogP contribution in [-0.4, -0.2) is 46.1 Å². The topological polar surface area (TPSA) is 50.5 Å². The second kappa shape index (κ2) is 9.53. The van der Waals surface area contributed by atoms with Crippen LogP contribution in [0, 0.1) is 13.8 Å². The van der Waals surface area contributed by atoms with Gasteiger partial charge in [0.2, 0.25) is 0 Å². The van der Waals surface area contributed by atoms with Crippen LogP contribution >= 0.6 is 0 Å². The maximum atomic E-state index is 10.3. The Bertz CT molecular complexity index is 862. The van der Waals surface area contributed by atoms with Gasteiger partial charge in [0.25, 0.3) is 0 Å². The van der Waals surface area contributed by atoms with E-state index in [1.165, 1.54) is 16.8 Å². The van der Waals surface area contributed by atoms with Crippen molar-refractivity contribution in [3.05, 3.63) is 83.2 Å². The molecule has 5 heteroatoms. The number of ether oxygens (including phenoxy) is 1. The minimum Gasteiger partial charge on any atom is -0.491 e. The van der Waals surface area contributed by atoms with E-state index in [0.717, 1.165) is 24.5 Å². The first kappa shape index (κ1) is 20.1. The Labute approximate surface area is 167 Å². The molecule has 0 spiro atoms. The van der Waals surface area contributed by atoms with Crippen molar-refractivity contribution in [2.75, 3.05) is 20.2 Å². The number of para-hydroxylation sites is 1. The molecule has 1 aromatic heterocycles. The Morgan fingerprint density at radius 1 is 1.04 bits per heavy atom. The van der Waals surface area contributed by atoms with Gasteiger partial charge in [-0.1, -0.05) is 48.5 Å². The van der Waals surface area contributed by atoms with Crippen LogP contribution in [0.15, 0.2) is 60.7 Å². The van der Waals surface area contributed by atoms with Gasteiger partial charge < -0.3 is 9.84 Å². The Morgan fingerprint density at radius 2 is 1.68 bits per heavy atom. The zero-order valence-corrected chi connectivity index (χ0v) is 16.9. The number of nitrogens with zero attached hydrogens (tertiary/aromatic N) is 3. The highest BCUT2D eigenvalue weighted by Crippen LogP contribution is 2.17. The van der Waals surface area contributed by atoms with Gasteiger partial charge in [-0.05, 0) is 38.6 Å². The number of hydrogen-bond donors (Lipinski definition) is 1. The van der Waals surface area contributed by atoms with Crippen molar-refractivity contribution in [2.45, 2.75) is 33.0 Å². The van der Waals surface area contributed by atoms with Crippen molar-refractivity contribution < 1.29 is 9.84 Å². The number of hydrogen-bond acceptors (Lipinski definition) is 4. The van der Waals surface area contributed by atoms with E-state index in [1.54, 1.807) is 0 Å². The smallest absolute Gasteiger partial charge is 0.119 e. The van der Waals surface area contributed by atoms with E-state index in [2.05, 4.69) is 40.8 Å². The molecular formula is C23H29N3O2. The number of likely N-dealkylation sites (N-methyl/N-ethyl adjacent to an activating group) is 1. The zero-order valence-electron chi connectivity index (χ0n) is 16.9. The summed E-state index contributed by atoms with van der Waals surface area (Å²) < 4.78 is 7.70. The Kier molecular flexibility index (Phi) is 6.85. The molecule has 0 bridgehead atoms. The molecule has 3 aromatic rings. The third-order valence-electron chi connectivity index (χ3n) is 4.84. The molecule has 2 aromatic carbocycles. The van der Waals surface area contributed by atoms with E-state index in [-0.39, 0.29) is 6.61 Å². The lowest BCUT2D eigenvalue weighted by Gasteiger charge is -2.21. The molecule has 1 heterocycles. The van der Waals surface area contributed by atoms with Crippen LogP contribution in [0.1, 0.15) is 22.5 Å². The molecule has 0 aliphatic carbocycles. The average molecular weight is 380 g/mol. The summed E-state index contributed by atoms with van der Waals surface area (Å²) in [5.74, 6) is 0.776. The number of benzene rings is 2. The summed E-state index contributed by atoms with van der Waals surface area (Å²) in [6.07, 6.45) is -0.551. The molecule has 0 radical (unpaired) electrons. The largest absolute Gasteiger partial charge is 0.491 e. The summed E-state index contributed by atoms with van der Waals surface area (Å²) in [6.45, 7) is 6.49. The zero-order chi connectivity index (χ0) is 19.9. The van der Waals surface area contributed by atoms with Crippen LogP contribution in [0.5, 0.6) is 5.75 Å². The molecular weight excluding hydrogens is 350 g/mol. The monoisotopic (exact) mass is 379 g/mol. The van der Waals surface area contributed by atoms with E-state index in [4.69, 9.17) is 9.84 Å². The van der Waals surface area contributed by atoms with Crippen LogP contribution in [-0.2, 0) is 13.1 Å². The number of aliphatic hydroxyl groups excluding tert-OH is 1. The summed E-state index contributed by atoms with van der Waals surface area (Å²) >= 11 is 0. The number of rotatable bonds is 9. The lowest BCUT2D eigenvalue weighted by Crippen LogP contribution is -2.33. The Balaban J connectivity index is 1.55. The molecule has 3 rings (SSSR count). The van der Waals surface area contributed by atoms with Crippen molar-refractivity contribution in [1.29, 1.82) is 0 Å². The van der Waals surface area contributed by atoms with Crippen molar-refractivity contribution in [3.8, 4) is 5.75 Å². The van der Waals surface area contributed by atoms with Crippen LogP contribution < -0.4 is 4.74 Å². The van der Waals surface area contributed by atoms with E-state index < -0.39 is 6.10 Å². The van der Waals surface area contributed by atoms with E-state index >= 15 is 0 Å². The quantitative estimate of drug-likeness (QED) is 0.619. The molecule has 148 valence electrons. The standard InChI is InChI=1S/C23H29N3O2/c1-18-23(19(2)26(24-18)14-20-10-6-4-7-11-20)16-25(3)15-21(27)17-28-22-12-8-5-9-13-22/h4-13,21,27H,14-17H2,1-3H3/t21-/m1/s1. The van der Waals surface area contributed by atoms with Crippen LogP contribution in [0.2, 0.25) is 0 Å². The molecule has 0 saturated carbocycles. The van der Waals surface area contributed by atoms with Crippen molar-refractivity contribution in [1.82, 2.24) is 14.7 Å². The average Bonchev–Trinajstić information content (AvgIpc) is 2.95. The van der Waals surface area contributed by atoms with Gasteiger partial charge in [0.05, 0.1) is 12.2 Å².